The molecule has 3 aromatic rings. The van der Waals surface area contributed by atoms with Crippen molar-refractivity contribution in [3.63, 3.8) is 0 Å². The molecule has 0 saturated heterocycles. The molecule has 4 rings (SSSR count). The smallest absolute Gasteiger partial charge is 0.269 e. The third-order valence-electron chi connectivity index (χ3n) is 4.78. The van der Waals surface area contributed by atoms with E-state index in [1.54, 1.807) is 12.1 Å². The summed E-state index contributed by atoms with van der Waals surface area (Å²) in [4.78, 5) is 20.6. The molecular weight excluding hydrogens is 406 g/mol. The normalized spacial score (nSPS) is 12.2. The van der Waals surface area contributed by atoms with Gasteiger partial charge in [-0.15, -0.1) is 0 Å². The predicted octanol–water partition coefficient (Wildman–Crippen LogP) is 2.55. The van der Waals surface area contributed by atoms with E-state index in [1.807, 2.05) is 6.07 Å². The van der Waals surface area contributed by atoms with E-state index in [4.69, 9.17) is 0 Å². The van der Waals surface area contributed by atoms with Gasteiger partial charge in [0.05, 0.1) is 16.9 Å². The number of hydrogen-bond donors (Lipinski definition) is 3. The summed E-state index contributed by atoms with van der Waals surface area (Å²) < 4.78 is 26.6. The summed E-state index contributed by atoms with van der Waals surface area (Å²) in [5.74, 6) is -0.196. The van der Waals surface area contributed by atoms with Gasteiger partial charge in [-0.1, -0.05) is 0 Å². The van der Waals surface area contributed by atoms with Crippen LogP contribution in [0, 0.1) is 11.3 Å². The zero-order valence-electron chi connectivity index (χ0n) is 16.5. The standard InChI is InChI=1S/C20H18F2N8O/c1-24-19(31)15-8-17(29-30(15)10-16(21)22)28-20-26-5-3-14(27-20)12-6-11-2-4-25-18(11)13(7-12)9-23/h3,5-8,16,25H,2,4,10H2,1H3,(H,24,31)(H,26,27,28,29). The van der Waals surface area contributed by atoms with Crippen LogP contribution in [0.25, 0.3) is 11.3 Å². The number of alkyl halides is 2. The highest BCUT2D eigenvalue weighted by Gasteiger charge is 2.19. The van der Waals surface area contributed by atoms with Gasteiger partial charge in [-0.25, -0.2) is 18.7 Å². The SMILES string of the molecule is CNC(=O)c1cc(Nc2nccc(-c3cc(C#N)c4c(c3)CCN4)n2)nn1CC(F)F. The van der Waals surface area contributed by atoms with E-state index in [0.717, 1.165) is 34.5 Å². The Balaban J connectivity index is 1.64. The van der Waals surface area contributed by atoms with E-state index in [0.29, 0.717) is 11.3 Å². The van der Waals surface area contributed by atoms with E-state index in [9.17, 15) is 18.8 Å². The number of aromatic nitrogens is 4. The van der Waals surface area contributed by atoms with Crippen molar-refractivity contribution < 1.29 is 13.6 Å². The first kappa shape index (κ1) is 20.2. The monoisotopic (exact) mass is 424 g/mol. The Morgan fingerprint density at radius 3 is 2.97 bits per heavy atom. The van der Waals surface area contributed by atoms with Crippen molar-refractivity contribution in [2.75, 3.05) is 24.2 Å². The number of benzene rings is 1. The number of fused-ring (bicyclic) bond motifs is 1. The molecule has 0 bridgehead atoms. The molecule has 1 aliphatic heterocycles. The molecule has 11 heteroatoms. The Morgan fingerprint density at radius 1 is 1.39 bits per heavy atom. The van der Waals surface area contributed by atoms with Gasteiger partial charge in [0.2, 0.25) is 5.95 Å². The highest BCUT2D eigenvalue weighted by atomic mass is 19.3. The molecule has 0 radical (unpaired) electrons. The minimum atomic E-state index is -2.67. The maximum absolute atomic E-state index is 12.8. The van der Waals surface area contributed by atoms with E-state index in [2.05, 4.69) is 37.1 Å². The maximum atomic E-state index is 12.8. The fourth-order valence-electron chi connectivity index (χ4n) is 3.42. The highest BCUT2D eigenvalue weighted by molar-refractivity contribution is 5.93. The number of hydrogen-bond acceptors (Lipinski definition) is 7. The minimum Gasteiger partial charge on any atom is -0.383 e. The molecule has 1 aromatic carbocycles. The second-order valence-electron chi connectivity index (χ2n) is 6.80. The summed E-state index contributed by atoms with van der Waals surface area (Å²) in [6.45, 7) is 0.0599. The van der Waals surface area contributed by atoms with Gasteiger partial charge in [-0.2, -0.15) is 10.4 Å². The maximum Gasteiger partial charge on any atom is 0.269 e. The molecule has 0 aliphatic carbocycles. The van der Waals surface area contributed by atoms with Crippen molar-refractivity contribution in [3.05, 3.63) is 47.3 Å². The van der Waals surface area contributed by atoms with E-state index < -0.39 is 18.9 Å². The lowest BCUT2D eigenvalue weighted by Crippen LogP contribution is -2.23. The van der Waals surface area contributed by atoms with Crippen LogP contribution in [0.15, 0.2) is 30.5 Å². The molecule has 0 atom stereocenters. The van der Waals surface area contributed by atoms with Gasteiger partial charge in [0.25, 0.3) is 12.3 Å². The van der Waals surface area contributed by atoms with Crippen LogP contribution in [0.1, 0.15) is 21.6 Å². The molecule has 2 aromatic heterocycles. The molecule has 3 N–H and O–H groups in total. The number of nitrogens with one attached hydrogen (secondary N) is 3. The zero-order chi connectivity index (χ0) is 22.0. The van der Waals surface area contributed by atoms with Gasteiger partial charge in [-0.05, 0) is 30.2 Å². The van der Waals surface area contributed by atoms with Crippen LogP contribution in [0.5, 0.6) is 0 Å². The van der Waals surface area contributed by atoms with Gasteiger partial charge < -0.3 is 16.0 Å². The van der Waals surface area contributed by atoms with Crippen LogP contribution in [-0.4, -0.2) is 45.7 Å². The average Bonchev–Trinajstić information content (AvgIpc) is 3.39. The summed E-state index contributed by atoms with van der Waals surface area (Å²) in [5, 5.41) is 21.9. The van der Waals surface area contributed by atoms with Gasteiger partial charge in [0, 0.05) is 31.4 Å². The molecule has 1 aliphatic rings. The first-order valence-electron chi connectivity index (χ1n) is 9.48. The fourth-order valence-corrected chi connectivity index (χ4v) is 3.42. The molecular formula is C20H18F2N8O. The Bertz CT molecular complexity index is 1180. The van der Waals surface area contributed by atoms with Crippen molar-refractivity contribution >= 4 is 23.4 Å². The number of nitrogens with zero attached hydrogens (tertiary/aromatic N) is 5. The van der Waals surface area contributed by atoms with Crippen molar-refractivity contribution in [2.24, 2.45) is 0 Å². The molecule has 0 saturated carbocycles. The second-order valence-corrected chi connectivity index (χ2v) is 6.80. The number of halogens is 2. The number of anilines is 3. The summed E-state index contributed by atoms with van der Waals surface area (Å²) in [5.41, 5.74) is 3.78. The minimum absolute atomic E-state index is 0.00811. The van der Waals surface area contributed by atoms with Gasteiger partial charge in [-0.3, -0.25) is 9.48 Å². The first-order valence-corrected chi connectivity index (χ1v) is 9.48. The topological polar surface area (TPSA) is 121 Å². The van der Waals surface area contributed by atoms with Crippen molar-refractivity contribution in [1.29, 1.82) is 5.26 Å². The largest absolute Gasteiger partial charge is 0.383 e. The number of carbonyl (C=O) groups excluding carboxylic acids is 1. The van der Waals surface area contributed by atoms with Crippen LogP contribution < -0.4 is 16.0 Å². The highest BCUT2D eigenvalue weighted by Crippen LogP contribution is 2.32. The van der Waals surface area contributed by atoms with E-state index in [1.165, 1.54) is 19.3 Å². The van der Waals surface area contributed by atoms with Crippen LogP contribution in [-0.2, 0) is 13.0 Å². The molecule has 158 valence electrons. The summed E-state index contributed by atoms with van der Waals surface area (Å²) in [6, 6.07) is 8.99. The average molecular weight is 424 g/mol. The predicted molar refractivity (Wildman–Crippen MR) is 109 cm³/mol. The molecule has 9 nitrogen and oxygen atoms in total. The fraction of sp³-hybridized carbons (Fsp3) is 0.250. The third kappa shape index (κ3) is 4.13. The molecule has 0 spiro atoms. The number of carbonyl (C=O) groups is 1. The lowest BCUT2D eigenvalue weighted by Gasteiger charge is -2.08. The number of nitriles is 1. The van der Waals surface area contributed by atoms with Crippen LogP contribution in [0.2, 0.25) is 0 Å². The van der Waals surface area contributed by atoms with Crippen LogP contribution in [0.3, 0.4) is 0 Å². The van der Waals surface area contributed by atoms with Crippen molar-refractivity contribution in [2.45, 2.75) is 19.4 Å². The summed E-state index contributed by atoms with van der Waals surface area (Å²) >= 11 is 0. The number of amides is 1. The first-order chi connectivity index (χ1) is 15.0. The van der Waals surface area contributed by atoms with E-state index >= 15 is 0 Å². The quantitative estimate of drug-likeness (QED) is 0.556. The van der Waals surface area contributed by atoms with Gasteiger partial charge >= 0.3 is 0 Å². The molecule has 1 amide bonds. The van der Waals surface area contributed by atoms with Crippen molar-refractivity contribution in [1.82, 2.24) is 25.1 Å². The lowest BCUT2D eigenvalue weighted by atomic mass is 10.0. The zero-order valence-corrected chi connectivity index (χ0v) is 16.5. The Labute approximate surface area is 176 Å². The second kappa shape index (κ2) is 8.35. The summed E-state index contributed by atoms with van der Waals surface area (Å²) in [7, 11) is 1.41. The van der Waals surface area contributed by atoms with Crippen molar-refractivity contribution in [3.8, 4) is 17.3 Å². The Morgan fingerprint density at radius 2 is 2.23 bits per heavy atom. The van der Waals surface area contributed by atoms with Crippen LogP contribution in [0.4, 0.5) is 26.2 Å². The molecule has 3 heterocycles. The Hall–Kier alpha value is -4.07. The molecule has 0 fully saturated rings. The van der Waals surface area contributed by atoms with Gasteiger partial charge in [0.1, 0.15) is 18.3 Å². The Kier molecular flexibility index (Phi) is 5.44. The lowest BCUT2D eigenvalue weighted by molar-refractivity contribution is 0.0933. The van der Waals surface area contributed by atoms with Gasteiger partial charge in [0.15, 0.2) is 5.82 Å². The molecule has 31 heavy (non-hydrogen) atoms. The van der Waals surface area contributed by atoms with E-state index in [-0.39, 0.29) is 17.5 Å². The molecule has 0 unspecified atom stereocenters. The van der Waals surface area contributed by atoms with Crippen LogP contribution >= 0.6 is 0 Å². The number of rotatable bonds is 6. The third-order valence-corrected chi connectivity index (χ3v) is 4.78. The summed E-state index contributed by atoms with van der Waals surface area (Å²) in [6.07, 6.45) is -0.310.